The van der Waals surface area contributed by atoms with Gasteiger partial charge in [-0.25, -0.2) is 17.5 Å². The molecule has 2 rings (SSSR count). The number of halogens is 1. The molecule has 112 valence electrons. The van der Waals surface area contributed by atoms with Crippen molar-refractivity contribution < 1.29 is 17.5 Å². The van der Waals surface area contributed by atoms with Gasteiger partial charge in [0.1, 0.15) is 0 Å². The van der Waals surface area contributed by atoms with E-state index in [0.29, 0.717) is 12.0 Å². The van der Waals surface area contributed by atoms with Gasteiger partial charge in [0.15, 0.2) is 11.6 Å². The van der Waals surface area contributed by atoms with Crippen molar-refractivity contribution in [3.8, 4) is 5.75 Å². The summed E-state index contributed by atoms with van der Waals surface area (Å²) >= 11 is 0. The number of ether oxygens (including phenoxy) is 1. The summed E-state index contributed by atoms with van der Waals surface area (Å²) in [4.78, 5) is 0.214. The van der Waals surface area contributed by atoms with E-state index in [1.807, 2.05) is 0 Å². The fourth-order valence-electron chi connectivity index (χ4n) is 1.88. The van der Waals surface area contributed by atoms with Crippen LogP contribution in [-0.2, 0) is 16.4 Å². The van der Waals surface area contributed by atoms with Crippen LogP contribution in [0.3, 0.4) is 0 Å². The predicted molar refractivity (Wildman–Crippen MR) is 78.3 cm³/mol. The lowest BCUT2D eigenvalue weighted by Gasteiger charge is -2.08. The van der Waals surface area contributed by atoms with Gasteiger partial charge in [0, 0.05) is 6.54 Å². The maximum absolute atomic E-state index is 13.5. The Morgan fingerprint density at radius 3 is 2.48 bits per heavy atom. The smallest absolute Gasteiger partial charge is 0.240 e. The summed E-state index contributed by atoms with van der Waals surface area (Å²) in [5.41, 5.74) is 0.698. The first-order chi connectivity index (χ1) is 10.0. The number of nitrogens with one attached hydrogen (secondary N) is 1. The lowest BCUT2D eigenvalue weighted by Crippen LogP contribution is -2.25. The van der Waals surface area contributed by atoms with Crippen molar-refractivity contribution >= 4 is 10.0 Å². The van der Waals surface area contributed by atoms with E-state index in [2.05, 4.69) is 4.72 Å². The lowest BCUT2D eigenvalue weighted by atomic mass is 10.1. The Morgan fingerprint density at radius 1 is 1.14 bits per heavy atom. The lowest BCUT2D eigenvalue weighted by molar-refractivity contribution is 0.386. The van der Waals surface area contributed by atoms with E-state index in [4.69, 9.17) is 4.74 Å². The molecule has 0 saturated heterocycles. The average Bonchev–Trinajstić information content (AvgIpc) is 2.48. The number of hydrogen-bond donors (Lipinski definition) is 1. The summed E-state index contributed by atoms with van der Waals surface area (Å²) in [6.45, 7) is 0.197. The molecule has 0 radical (unpaired) electrons. The first-order valence-electron chi connectivity index (χ1n) is 6.40. The second kappa shape index (κ2) is 6.69. The largest absolute Gasteiger partial charge is 0.494 e. The molecule has 21 heavy (non-hydrogen) atoms. The van der Waals surface area contributed by atoms with Gasteiger partial charge in [-0.05, 0) is 36.2 Å². The van der Waals surface area contributed by atoms with Crippen molar-refractivity contribution in [2.24, 2.45) is 0 Å². The number of benzene rings is 2. The van der Waals surface area contributed by atoms with Crippen molar-refractivity contribution in [2.45, 2.75) is 11.3 Å². The van der Waals surface area contributed by atoms with Gasteiger partial charge in [-0.15, -0.1) is 0 Å². The molecule has 6 heteroatoms. The maximum Gasteiger partial charge on any atom is 0.240 e. The van der Waals surface area contributed by atoms with Crippen LogP contribution in [0, 0.1) is 5.82 Å². The first-order valence-corrected chi connectivity index (χ1v) is 7.88. The van der Waals surface area contributed by atoms with Crippen LogP contribution in [-0.4, -0.2) is 22.1 Å². The molecule has 0 aliphatic rings. The summed E-state index contributed by atoms with van der Waals surface area (Å²) < 4.78 is 44.8. The second-order valence-electron chi connectivity index (χ2n) is 4.43. The Balaban J connectivity index is 1.97. The number of methoxy groups -OCH3 is 1. The molecule has 0 atom stereocenters. The molecular weight excluding hydrogens is 293 g/mol. The zero-order valence-corrected chi connectivity index (χ0v) is 12.4. The van der Waals surface area contributed by atoms with Gasteiger partial charge in [0.05, 0.1) is 12.0 Å². The Bertz CT molecular complexity index is 702. The van der Waals surface area contributed by atoms with Crippen LogP contribution in [0.5, 0.6) is 5.75 Å². The topological polar surface area (TPSA) is 55.4 Å². The van der Waals surface area contributed by atoms with E-state index in [9.17, 15) is 12.8 Å². The number of sulfonamides is 1. The monoisotopic (exact) mass is 309 g/mol. The van der Waals surface area contributed by atoms with Crippen LogP contribution in [0.25, 0.3) is 0 Å². The third-order valence-electron chi connectivity index (χ3n) is 2.98. The number of hydrogen-bond acceptors (Lipinski definition) is 3. The van der Waals surface area contributed by atoms with Gasteiger partial charge >= 0.3 is 0 Å². The Hall–Kier alpha value is -1.92. The molecule has 2 aromatic rings. The highest BCUT2D eigenvalue weighted by atomic mass is 32.2. The minimum Gasteiger partial charge on any atom is -0.494 e. The Kier molecular flexibility index (Phi) is 4.93. The van der Waals surface area contributed by atoms with Gasteiger partial charge in [0.2, 0.25) is 10.0 Å². The van der Waals surface area contributed by atoms with E-state index in [1.165, 1.54) is 31.4 Å². The molecule has 0 aromatic heterocycles. The maximum atomic E-state index is 13.5. The SMILES string of the molecule is COc1ccc(CCNS(=O)(=O)c2ccccc2)cc1F. The number of rotatable bonds is 6. The van der Waals surface area contributed by atoms with Crippen molar-refractivity contribution in [1.29, 1.82) is 0 Å². The minimum absolute atomic E-state index is 0.170. The zero-order valence-electron chi connectivity index (χ0n) is 11.5. The molecule has 0 saturated carbocycles. The van der Waals surface area contributed by atoms with Gasteiger partial charge in [-0.2, -0.15) is 0 Å². The normalized spacial score (nSPS) is 11.3. The van der Waals surface area contributed by atoms with Crippen LogP contribution < -0.4 is 9.46 Å². The van der Waals surface area contributed by atoms with Gasteiger partial charge in [-0.3, -0.25) is 0 Å². The van der Waals surface area contributed by atoms with Crippen LogP contribution >= 0.6 is 0 Å². The molecule has 0 unspecified atom stereocenters. The van der Waals surface area contributed by atoms with Gasteiger partial charge in [0.25, 0.3) is 0 Å². The van der Waals surface area contributed by atoms with Gasteiger partial charge in [-0.1, -0.05) is 24.3 Å². The predicted octanol–water partition coefficient (Wildman–Crippen LogP) is 2.36. The molecule has 1 N–H and O–H groups in total. The fraction of sp³-hybridized carbons (Fsp3) is 0.200. The van der Waals surface area contributed by atoms with Gasteiger partial charge < -0.3 is 4.74 Å². The molecular formula is C15H16FNO3S. The molecule has 4 nitrogen and oxygen atoms in total. The highest BCUT2D eigenvalue weighted by Crippen LogP contribution is 2.17. The third kappa shape index (κ3) is 4.03. The second-order valence-corrected chi connectivity index (χ2v) is 6.20. The Morgan fingerprint density at radius 2 is 1.86 bits per heavy atom. The van der Waals surface area contributed by atoms with Crippen molar-refractivity contribution in [1.82, 2.24) is 4.72 Å². The summed E-state index contributed by atoms with van der Waals surface area (Å²) in [6, 6.07) is 12.7. The minimum atomic E-state index is -3.52. The molecule has 2 aromatic carbocycles. The van der Waals surface area contributed by atoms with E-state index in [1.54, 1.807) is 24.3 Å². The highest BCUT2D eigenvalue weighted by molar-refractivity contribution is 7.89. The molecule has 0 heterocycles. The van der Waals surface area contributed by atoms with Crippen LogP contribution in [0.4, 0.5) is 4.39 Å². The molecule has 0 amide bonds. The van der Waals surface area contributed by atoms with Crippen LogP contribution in [0.2, 0.25) is 0 Å². The molecule has 0 aliphatic heterocycles. The first kappa shape index (κ1) is 15.5. The summed E-state index contributed by atoms with van der Waals surface area (Å²) in [5, 5.41) is 0. The quantitative estimate of drug-likeness (QED) is 0.891. The zero-order chi connectivity index (χ0) is 15.3. The molecule has 0 bridgehead atoms. The van der Waals surface area contributed by atoms with E-state index < -0.39 is 15.8 Å². The van der Waals surface area contributed by atoms with Crippen LogP contribution in [0.15, 0.2) is 53.4 Å². The van der Waals surface area contributed by atoms with E-state index in [0.717, 1.165) is 0 Å². The molecule has 0 aliphatic carbocycles. The highest BCUT2D eigenvalue weighted by Gasteiger charge is 2.12. The van der Waals surface area contributed by atoms with E-state index in [-0.39, 0.29) is 17.2 Å². The van der Waals surface area contributed by atoms with E-state index >= 15 is 0 Å². The molecule has 0 spiro atoms. The summed E-state index contributed by atoms with van der Waals surface area (Å²) in [6.07, 6.45) is 0.396. The summed E-state index contributed by atoms with van der Waals surface area (Å²) in [7, 11) is -2.13. The van der Waals surface area contributed by atoms with Crippen molar-refractivity contribution in [3.05, 3.63) is 59.9 Å². The molecule has 0 fully saturated rings. The third-order valence-corrected chi connectivity index (χ3v) is 4.45. The average molecular weight is 309 g/mol. The van der Waals surface area contributed by atoms with Crippen LogP contribution in [0.1, 0.15) is 5.56 Å². The fourth-order valence-corrected chi connectivity index (χ4v) is 2.93. The standard InChI is InChI=1S/C15H16FNO3S/c1-20-15-8-7-12(11-14(15)16)9-10-17-21(18,19)13-5-3-2-4-6-13/h2-8,11,17H,9-10H2,1H3. The summed E-state index contributed by atoms with van der Waals surface area (Å²) in [5.74, 6) is -0.287. The van der Waals surface area contributed by atoms with Crippen molar-refractivity contribution in [3.63, 3.8) is 0 Å². The van der Waals surface area contributed by atoms with Crippen molar-refractivity contribution in [2.75, 3.05) is 13.7 Å². The Labute approximate surface area is 123 Å².